The molecule has 0 aliphatic carbocycles. The molecule has 0 fully saturated rings. The van der Waals surface area contributed by atoms with Gasteiger partial charge in [-0.25, -0.2) is 0 Å². The molecule has 0 spiro atoms. The molecule has 0 saturated carbocycles. The van der Waals surface area contributed by atoms with Crippen molar-refractivity contribution >= 4 is 18.4 Å². The molecule has 0 aliphatic heterocycles. The van der Waals surface area contributed by atoms with Crippen LogP contribution in [0.3, 0.4) is 0 Å². The molecule has 0 aromatic carbocycles. The molecular weight excluding hydrogens is 587 g/mol. The zero-order valence-electron chi connectivity index (χ0n) is 29.4. The topological polar surface area (TPSA) is 0 Å². The predicted octanol–water partition coefficient (Wildman–Crippen LogP) is 15.6. The number of hydrogen-bond donors (Lipinski definition) is 0. The molecule has 0 amide bonds. The Morgan fingerprint density at radius 1 is 0.275 bits per heavy atom. The van der Waals surface area contributed by atoms with Crippen molar-refractivity contribution in [1.82, 2.24) is 0 Å². The van der Waals surface area contributed by atoms with E-state index in [-0.39, 0.29) is 0 Å². The average molecular weight is 670 g/mol. The quantitative estimate of drug-likeness (QED) is 0.0473. The van der Waals surface area contributed by atoms with Gasteiger partial charge in [-0.05, 0) is 0 Å². The summed E-state index contributed by atoms with van der Waals surface area (Å²) in [5, 5.41) is 0. The van der Waals surface area contributed by atoms with Crippen molar-refractivity contribution < 1.29 is 0 Å². The van der Waals surface area contributed by atoms with Crippen LogP contribution in [0, 0.1) is 0 Å². The fraction of sp³-hybridized carbons (Fsp3) is 1.00. The van der Waals surface area contributed by atoms with E-state index in [0.717, 1.165) is 3.93 Å². The molecule has 0 atom stereocenters. The summed E-state index contributed by atoms with van der Waals surface area (Å²) >= 11 is -2.05. The van der Waals surface area contributed by atoms with Crippen LogP contribution >= 0.6 is 0 Å². The van der Waals surface area contributed by atoms with Crippen LogP contribution in [0.5, 0.6) is 0 Å². The maximum atomic E-state index is 2.67. The van der Waals surface area contributed by atoms with Crippen LogP contribution in [0.25, 0.3) is 0 Å². The normalized spacial score (nSPS) is 12.2. The van der Waals surface area contributed by atoms with Gasteiger partial charge in [0.25, 0.3) is 0 Å². The van der Waals surface area contributed by atoms with Crippen LogP contribution < -0.4 is 0 Å². The molecule has 0 aromatic heterocycles. The minimum absolute atomic E-state index is 1.06. The van der Waals surface area contributed by atoms with Gasteiger partial charge in [0.2, 0.25) is 0 Å². The molecule has 40 heavy (non-hydrogen) atoms. The van der Waals surface area contributed by atoms with Crippen molar-refractivity contribution in [2.75, 3.05) is 0 Å². The Bertz CT molecular complexity index is 396. The Morgan fingerprint density at radius 3 is 0.625 bits per heavy atom. The molecule has 0 bridgehead atoms. The van der Waals surface area contributed by atoms with E-state index in [9.17, 15) is 0 Å². The average Bonchev–Trinajstić information content (AvgIpc) is 2.95. The summed E-state index contributed by atoms with van der Waals surface area (Å²) in [6.07, 6.45) is 44.8. The first-order valence-electron chi connectivity index (χ1n) is 19.6. The van der Waals surface area contributed by atoms with Gasteiger partial charge in [-0.1, -0.05) is 0 Å². The van der Waals surface area contributed by atoms with E-state index < -0.39 is 18.4 Å². The number of unbranched alkanes of at least 4 members (excludes halogenated alkanes) is 27. The molecule has 0 radical (unpaired) electrons. The molecule has 0 nitrogen and oxygen atoms in total. The van der Waals surface area contributed by atoms with Gasteiger partial charge in [0.1, 0.15) is 0 Å². The Labute approximate surface area is 261 Å². The van der Waals surface area contributed by atoms with Crippen molar-refractivity contribution in [3.63, 3.8) is 0 Å². The summed E-state index contributed by atoms with van der Waals surface area (Å²) in [5.74, 6) is 0. The van der Waals surface area contributed by atoms with Gasteiger partial charge in [0.05, 0.1) is 0 Å². The zero-order chi connectivity index (χ0) is 29.4. The van der Waals surface area contributed by atoms with E-state index in [4.69, 9.17) is 0 Å². The third-order valence-corrected chi connectivity index (χ3v) is 28.9. The first kappa shape index (κ1) is 40.8. The Morgan fingerprint density at radius 2 is 0.450 bits per heavy atom. The summed E-state index contributed by atoms with van der Waals surface area (Å²) in [7, 11) is 0. The molecule has 0 aromatic rings. The zero-order valence-corrected chi connectivity index (χ0v) is 32.3. The Kier molecular flexibility index (Phi) is 33.4. The summed E-state index contributed by atoms with van der Waals surface area (Å²) in [6.45, 7) is 12.3. The minimum atomic E-state index is -2.05. The van der Waals surface area contributed by atoms with Gasteiger partial charge < -0.3 is 0 Å². The van der Waals surface area contributed by atoms with Crippen molar-refractivity contribution in [1.29, 1.82) is 0 Å². The molecule has 0 unspecified atom stereocenters. The van der Waals surface area contributed by atoms with Crippen molar-refractivity contribution in [2.45, 2.75) is 244 Å². The Balaban J connectivity index is 4.38. The van der Waals surface area contributed by atoms with Crippen LogP contribution in [-0.4, -0.2) is 18.4 Å². The Hall–Kier alpha value is 0.799. The van der Waals surface area contributed by atoms with Gasteiger partial charge >= 0.3 is 263 Å². The van der Waals surface area contributed by atoms with Crippen LogP contribution in [-0.2, 0) is 0 Å². The van der Waals surface area contributed by atoms with Crippen molar-refractivity contribution in [3.8, 4) is 0 Å². The molecule has 0 saturated heterocycles. The van der Waals surface area contributed by atoms with E-state index >= 15 is 0 Å². The SMILES string of the molecule is CCCCCCCCCCC[CH2][Sn]([CH2]CCCCCCCCCCC)([CH2]CCCCCCCCCCC)[CH](C)C. The van der Waals surface area contributed by atoms with Crippen LogP contribution in [0.4, 0.5) is 0 Å². The van der Waals surface area contributed by atoms with Crippen molar-refractivity contribution in [3.05, 3.63) is 0 Å². The van der Waals surface area contributed by atoms with E-state index in [2.05, 4.69) is 34.6 Å². The van der Waals surface area contributed by atoms with Gasteiger partial charge in [-0.15, -0.1) is 0 Å². The van der Waals surface area contributed by atoms with Gasteiger partial charge in [0.15, 0.2) is 0 Å². The second-order valence-electron chi connectivity index (χ2n) is 14.3. The summed E-state index contributed by atoms with van der Waals surface area (Å²) in [5.41, 5.74) is 0. The predicted molar refractivity (Wildman–Crippen MR) is 191 cm³/mol. The number of hydrogen-bond acceptors (Lipinski definition) is 0. The first-order valence-corrected chi connectivity index (χ1v) is 27.3. The molecular formula is C39H82Sn. The molecule has 0 heterocycles. The monoisotopic (exact) mass is 671 g/mol. The fourth-order valence-corrected chi connectivity index (χ4v) is 22.4. The van der Waals surface area contributed by atoms with E-state index in [1.54, 1.807) is 32.6 Å². The molecule has 0 aliphatic rings. The molecule has 0 N–H and O–H groups in total. The third-order valence-electron chi connectivity index (χ3n) is 10.3. The second kappa shape index (κ2) is 32.7. The van der Waals surface area contributed by atoms with Gasteiger partial charge in [0, 0.05) is 0 Å². The first-order chi connectivity index (χ1) is 19.6. The van der Waals surface area contributed by atoms with Crippen LogP contribution in [0.2, 0.25) is 17.2 Å². The van der Waals surface area contributed by atoms with Gasteiger partial charge in [-0.2, -0.15) is 0 Å². The summed E-state index contributed by atoms with van der Waals surface area (Å²) in [4.78, 5) is 0. The molecule has 242 valence electrons. The van der Waals surface area contributed by atoms with Crippen LogP contribution in [0.15, 0.2) is 0 Å². The van der Waals surface area contributed by atoms with Crippen molar-refractivity contribution in [2.24, 2.45) is 0 Å². The third kappa shape index (κ3) is 26.4. The van der Waals surface area contributed by atoms with E-state index in [1.165, 1.54) is 173 Å². The maximum absolute atomic E-state index is 2.67. The van der Waals surface area contributed by atoms with E-state index in [1.807, 2.05) is 0 Å². The number of rotatable bonds is 34. The van der Waals surface area contributed by atoms with Gasteiger partial charge in [-0.3, -0.25) is 0 Å². The fourth-order valence-electron chi connectivity index (χ4n) is 7.13. The van der Waals surface area contributed by atoms with E-state index in [0.29, 0.717) is 0 Å². The van der Waals surface area contributed by atoms with Crippen LogP contribution in [0.1, 0.15) is 227 Å². The second-order valence-corrected chi connectivity index (χ2v) is 29.7. The molecule has 0 rings (SSSR count). The standard InChI is InChI=1S/3C12H25.C3H7.Sn/c3*1-3-5-7-9-11-12-10-8-6-4-2;1-3-2;/h3*1,3-12H2,2H3;3H,1-2H3;. The molecule has 1 heteroatoms. The summed E-state index contributed by atoms with van der Waals surface area (Å²) in [6, 6.07) is 0. The summed E-state index contributed by atoms with van der Waals surface area (Å²) < 4.78 is 6.22.